The average molecular weight is 412 g/mol. The second-order valence-corrected chi connectivity index (χ2v) is 7.19. The fourth-order valence-corrected chi connectivity index (χ4v) is 3.76. The molecule has 29 heavy (non-hydrogen) atoms. The molecule has 5 nitrogen and oxygen atoms in total. The summed E-state index contributed by atoms with van der Waals surface area (Å²) in [6, 6.07) is 16.1. The fraction of sp³-hybridized carbons (Fsp3) is 0.304. The fourth-order valence-electron chi connectivity index (χ4n) is 3.76. The van der Waals surface area contributed by atoms with Crippen LogP contribution in [-0.2, 0) is 24.3 Å². The number of aryl methyl sites for hydroxylation is 1. The smallest absolute Gasteiger partial charge is 0.266 e. The number of aromatic nitrogens is 2. The van der Waals surface area contributed by atoms with Crippen LogP contribution in [0.15, 0.2) is 54.7 Å². The second-order valence-electron chi connectivity index (χ2n) is 7.19. The lowest BCUT2D eigenvalue weighted by molar-refractivity contribution is -0.690. The molecule has 1 aromatic heterocycles. The van der Waals surface area contributed by atoms with Crippen molar-refractivity contribution < 1.29 is 26.5 Å². The monoisotopic (exact) mass is 411 g/mol. The van der Waals surface area contributed by atoms with E-state index in [0.29, 0.717) is 13.2 Å². The molecule has 1 aliphatic heterocycles. The van der Waals surface area contributed by atoms with Crippen molar-refractivity contribution in [2.24, 2.45) is 0 Å². The molecule has 2 heterocycles. The van der Waals surface area contributed by atoms with Gasteiger partial charge in [0.05, 0.1) is 19.6 Å². The van der Waals surface area contributed by atoms with Gasteiger partial charge in [-0.15, -0.1) is 0 Å². The molecular weight excluding hydrogens is 386 g/mol. The summed E-state index contributed by atoms with van der Waals surface area (Å²) in [5, 5.41) is 2.99. The minimum atomic E-state index is -0.00704. The van der Waals surface area contributed by atoms with E-state index in [1.807, 2.05) is 50.2 Å². The number of fused-ring (bicyclic) bond motifs is 1. The number of halogens is 1. The molecule has 0 atom stereocenters. The van der Waals surface area contributed by atoms with Gasteiger partial charge in [-0.2, -0.15) is 0 Å². The number of hydrogen-bond donors (Lipinski definition) is 1. The molecule has 0 fully saturated rings. The lowest BCUT2D eigenvalue weighted by Gasteiger charge is -2.04. The summed E-state index contributed by atoms with van der Waals surface area (Å²) >= 11 is 0. The number of anilines is 1. The number of imidazole rings is 1. The molecule has 1 N–H and O–H groups in total. The van der Waals surface area contributed by atoms with Gasteiger partial charge < -0.3 is 22.5 Å². The molecule has 3 aromatic rings. The summed E-state index contributed by atoms with van der Waals surface area (Å²) < 4.78 is 9.96. The lowest BCUT2D eigenvalue weighted by atomic mass is 10.1. The highest BCUT2D eigenvalue weighted by molar-refractivity contribution is 5.89. The summed E-state index contributed by atoms with van der Waals surface area (Å²) in [5.74, 6) is 2.08. The van der Waals surface area contributed by atoms with Crippen LogP contribution in [0.25, 0.3) is 11.3 Å². The van der Waals surface area contributed by atoms with Gasteiger partial charge in [-0.1, -0.05) is 17.7 Å². The van der Waals surface area contributed by atoms with Gasteiger partial charge >= 0.3 is 0 Å². The Morgan fingerprint density at radius 3 is 2.55 bits per heavy atom. The van der Waals surface area contributed by atoms with Crippen molar-refractivity contribution in [2.45, 2.75) is 39.8 Å². The number of nitrogens with one attached hydrogen (secondary N) is 1. The van der Waals surface area contributed by atoms with Gasteiger partial charge in [-0.3, -0.25) is 4.79 Å². The van der Waals surface area contributed by atoms with E-state index in [0.717, 1.165) is 42.1 Å². The van der Waals surface area contributed by atoms with E-state index in [2.05, 4.69) is 32.8 Å². The van der Waals surface area contributed by atoms with Crippen LogP contribution >= 0.6 is 0 Å². The van der Waals surface area contributed by atoms with Crippen molar-refractivity contribution >= 4 is 11.6 Å². The van der Waals surface area contributed by atoms with Gasteiger partial charge in [0, 0.05) is 11.3 Å². The first kappa shape index (κ1) is 20.9. The zero-order valence-electron chi connectivity index (χ0n) is 16.8. The number of amides is 1. The van der Waals surface area contributed by atoms with E-state index in [1.165, 1.54) is 11.4 Å². The summed E-state index contributed by atoms with van der Waals surface area (Å²) in [4.78, 5) is 12.6. The van der Waals surface area contributed by atoms with Gasteiger partial charge in [0.2, 0.25) is 0 Å². The quantitative estimate of drug-likeness (QED) is 0.608. The summed E-state index contributed by atoms with van der Waals surface area (Å²) in [6.45, 7) is 5.99. The van der Waals surface area contributed by atoms with E-state index >= 15 is 0 Å². The van der Waals surface area contributed by atoms with Crippen molar-refractivity contribution in [1.82, 2.24) is 4.57 Å². The van der Waals surface area contributed by atoms with Crippen LogP contribution in [0.4, 0.5) is 5.69 Å². The molecular formula is C23H26ClN3O2. The van der Waals surface area contributed by atoms with Crippen LogP contribution < -0.4 is 27.0 Å². The Labute approximate surface area is 177 Å². The Morgan fingerprint density at radius 2 is 1.86 bits per heavy atom. The van der Waals surface area contributed by atoms with E-state index in [1.54, 1.807) is 0 Å². The standard InChI is InChI=1S/C23H25N3O2.ClH/c1-3-28-20-12-8-18(9-13-20)21-15-25(23-5-4-14-26(21)23)16-22(27)24-19-10-6-17(2)7-11-19;/h6-13,15H,3-5,14,16H2,1-2H3;1H. The van der Waals surface area contributed by atoms with E-state index in [-0.39, 0.29) is 18.3 Å². The predicted octanol–water partition coefficient (Wildman–Crippen LogP) is 0.739. The third-order valence-electron chi connectivity index (χ3n) is 5.10. The van der Waals surface area contributed by atoms with Crippen LogP contribution in [0, 0.1) is 6.92 Å². The number of carbonyl (C=O) groups excluding carboxylic acids is 1. The molecule has 0 aliphatic carbocycles. The third-order valence-corrected chi connectivity index (χ3v) is 5.10. The summed E-state index contributed by atoms with van der Waals surface area (Å²) in [5.41, 5.74) is 4.30. The largest absolute Gasteiger partial charge is 1.00 e. The Morgan fingerprint density at radius 1 is 1.14 bits per heavy atom. The molecule has 2 aromatic carbocycles. The highest BCUT2D eigenvalue weighted by Gasteiger charge is 2.29. The predicted molar refractivity (Wildman–Crippen MR) is 109 cm³/mol. The number of benzene rings is 2. The first-order valence-corrected chi connectivity index (χ1v) is 9.85. The highest BCUT2D eigenvalue weighted by Crippen LogP contribution is 2.26. The van der Waals surface area contributed by atoms with Crippen molar-refractivity contribution in [3.63, 3.8) is 0 Å². The Hall–Kier alpha value is -2.79. The molecule has 1 amide bonds. The maximum atomic E-state index is 12.6. The lowest BCUT2D eigenvalue weighted by Crippen LogP contribution is -3.00. The van der Waals surface area contributed by atoms with Gasteiger partial charge in [0.1, 0.15) is 11.9 Å². The zero-order valence-corrected chi connectivity index (χ0v) is 17.6. The van der Waals surface area contributed by atoms with Crippen LogP contribution in [0.2, 0.25) is 0 Å². The Bertz CT molecular complexity index is 979. The molecule has 0 spiro atoms. The summed E-state index contributed by atoms with van der Waals surface area (Å²) in [7, 11) is 0. The minimum Gasteiger partial charge on any atom is -1.00 e. The molecule has 0 bridgehead atoms. The Balaban J connectivity index is 0.00000240. The highest BCUT2D eigenvalue weighted by atomic mass is 35.5. The maximum absolute atomic E-state index is 12.6. The van der Waals surface area contributed by atoms with Crippen LogP contribution in [0.1, 0.15) is 24.7 Å². The molecule has 4 rings (SSSR count). The Kier molecular flexibility index (Phi) is 6.60. The van der Waals surface area contributed by atoms with Gasteiger partial charge in [-0.05, 0) is 56.7 Å². The molecule has 0 saturated carbocycles. The number of hydrogen-bond acceptors (Lipinski definition) is 2. The van der Waals surface area contributed by atoms with E-state index < -0.39 is 0 Å². The number of carbonyl (C=O) groups is 1. The zero-order chi connectivity index (χ0) is 19.5. The van der Waals surface area contributed by atoms with Gasteiger partial charge in [-0.25, -0.2) is 9.13 Å². The van der Waals surface area contributed by atoms with Crippen LogP contribution in [-0.4, -0.2) is 17.1 Å². The van der Waals surface area contributed by atoms with E-state index in [4.69, 9.17) is 4.74 Å². The molecule has 1 aliphatic rings. The maximum Gasteiger partial charge on any atom is 0.266 e. The van der Waals surface area contributed by atoms with Crippen molar-refractivity contribution in [3.8, 4) is 17.0 Å². The number of ether oxygens (including phenoxy) is 1. The van der Waals surface area contributed by atoms with Crippen molar-refractivity contribution in [2.75, 3.05) is 11.9 Å². The minimum absolute atomic E-state index is 0. The van der Waals surface area contributed by atoms with Gasteiger partial charge in [0.25, 0.3) is 11.7 Å². The molecule has 0 unspecified atom stereocenters. The van der Waals surface area contributed by atoms with Gasteiger partial charge in [0.15, 0.2) is 12.2 Å². The van der Waals surface area contributed by atoms with E-state index in [9.17, 15) is 4.79 Å². The first-order valence-electron chi connectivity index (χ1n) is 9.85. The summed E-state index contributed by atoms with van der Waals surface area (Å²) in [6.07, 6.45) is 4.20. The number of rotatable bonds is 6. The van der Waals surface area contributed by atoms with Crippen LogP contribution in [0.5, 0.6) is 5.75 Å². The SMILES string of the molecule is CCOc1ccc(-c2c[n+](CC(=O)Nc3ccc(C)cc3)c3n2CCC3)cc1.[Cl-]. The van der Waals surface area contributed by atoms with Crippen molar-refractivity contribution in [1.29, 1.82) is 0 Å². The van der Waals surface area contributed by atoms with Crippen LogP contribution in [0.3, 0.4) is 0 Å². The molecule has 0 radical (unpaired) electrons. The first-order chi connectivity index (χ1) is 13.6. The normalized spacial score (nSPS) is 12.2. The second kappa shape index (κ2) is 9.14. The third kappa shape index (κ3) is 4.62. The topological polar surface area (TPSA) is 47.1 Å². The van der Waals surface area contributed by atoms with Crippen molar-refractivity contribution in [3.05, 3.63) is 66.1 Å². The molecule has 6 heteroatoms. The molecule has 152 valence electrons. The average Bonchev–Trinajstić information content (AvgIpc) is 3.29. The number of nitrogens with zero attached hydrogens (tertiary/aromatic N) is 2. The molecule has 0 saturated heterocycles.